The Labute approximate surface area is 104 Å². The van der Waals surface area contributed by atoms with Crippen LogP contribution in [0.5, 0.6) is 0 Å². The monoisotopic (exact) mass is 273 g/mol. The van der Waals surface area contributed by atoms with Crippen molar-refractivity contribution in [2.45, 2.75) is 29.5 Å². The molecule has 0 spiro atoms. The Bertz CT molecular complexity index is 599. The highest BCUT2D eigenvalue weighted by molar-refractivity contribution is 7.92. The third-order valence-electron chi connectivity index (χ3n) is 2.99. The van der Waals surface area contributed by atoms with Crippen LogP contribution in [0, 0.1) is 5.82 Å². The van der Waals surface area contributed by atoms with E-state index in [1.165, 1.54) is 19.1 Å². The average molecular weight is 273 g/mol. The molecule has 1 aromatic rings. The lowest BCUT2D eigenvalue weighted by Gasteiger charge is -2.31. The van der Waals surface area contributed by atoms with Crippen LogP contribution in [0.25, 0.3) is 0 Å². The van der Waals surface area contributed by atoms with Crippen molar-refractivity contribution in [1.82, 2.24) is 0 Å². The quantitative estimate of drug-likeness (QED) is 0.847. The Morgan fingerprint density at radius 2 is 2.17 bits per heavy atom. The highest BCUT2D eigenvalue weighted by atomic mass is 32.2. The first-order chi connectivity index (χ1) is 8.34. The number of halogens is 1. The molecule has 98 valence electrons. The van der Waals surface area contributed by atoms with Gasteiger partial charge in [0, 0.05) is 6.04 Å². The van der Waals surface area contributed by atoms with Crippen LogP contribution in [0.1, 0.15) is 13.3 Å². The van der Waals surface area contributed by atoms with E-state index in [-0.39, 0.29) is 10.6 Å². The number of fused-ring (bicyclic) bond motifs is 1. The molecule has 1 aromatic carbocycles. The fourth-order valence-electron chi connectivity index (χ4n) is 2.09. The number of hydrogen-bond donors (Lipinski definition) is 2. The number of anilines is 1. The van der Waals surface area contributed by atoms with E-state index in [2.05, 4.69) is 5.32 Å². The predicted octanol–water partition coefficient (Wildman–Crippen LogP) is 1.26. The van der Waals surface area contributed by atoms with Gasteiger partial charge in [-0.25, -0.2) is 12.8 Å². The van der Waals surface area contributed by atoms with Crippen molar-refractivity contribution in [2.75, 3.05) is 5.32 Å². The third-order valence-corrected chi connectivity index (χ3v) is 5.31. The summed E-state index contributed by atoms with van der Waals surface area (Å²) in [6, 6.07) is 3.07. The molecule has 0 aromatic heterocycles. The molecule has 0 radical (unpaired) electrons. The van der Waals surface area contributed by atoms with Gasteiger partial charge in [-0.05, 0) is 19.1 Å². The van der Waals surface area contributed by atoms with Crippen molar-refractivity contribution in [3.8, 4) is 0 Å². The molecule has 1 aliphatic heterocycles. The summed E-state index contributed by atoms with van der Waals surface area (Å²) < 4.78 is 38.0. The molecule has 1 aliphatic rings. The zero-order chi connectivity index (χ0) is 13.5. The number of carboxylic acids is 1. The first-order valence-electron chi connectivity index (χ1n) is 5.35. The van der Waals surface area contributed by atoms with Crippen molar-refractivity contribution in [3.05, 3.63) is 24.0 Å². The van der Waals surface area contributed by atoms with Gasteiger partial charge in [-0.2, -0.15) is 0 Å². The maximum absolute atomic E-state index is 13.5. The summed E-state index contributed by atoms with van der Waals surface area (Å²) >= 11 is 0. The van der Waals surface area contributed by atoms with E-state index in [1.807, 2.05) is 0 Å². The van der Waals surface area contributed by atoms with Crippen LogP contribution in [0.3, 0.4) is 0 Å². The van der Waals surface area contributed by atoms with Gasteiger partial charge in [-0.3, -0.25) is 4.79 Å². The summed E-state index contributed by atoms with van der Waals surface area (Å²) in [4.78, 5) is 10.5. The number of benzene rings is 1. The van der Waals surface area contributed by atoms with Gasteiger partial charge >= 0.3 is 5.97 Å². The van der Waals surface area contributed by atoms with Crippen molar-refractivity contribution < 1.29 is 22.7 Å². The SMILES string of the molecule is CC1Nc2c(F)cccc2S(=O)(=O)C1CC(=O)O. The van der Waals surface area contributed by atoms with Crippen molar-refractivity contribution in [2.24, 2.45) is 0 Å². The van der Waals surface area contributed by atoms with Crippen LogP contribution in [-0.2, 0) is 14.6 Å². The number of nitrogens with one attached hydrogen (secondary N) is 1. The summed E-state index contributed by atoms with van der Waals surface area (Å²) in [6.07, 6.45) is -0.507. The molecule has 0 aliphatic carbocycles. The lowest BCUT2D eigenvalue weighted by atomic mass is 10.1. The Kier molecular flexibility index (Phi) is 3.02. The maximum Gasteiger partial charge on any atom is 0.304 e. The Morgan fingerprint density at radius 1 is 1.50 bits per heavy atom. The van der Waals surface area contributed by atoms with Gasteiger partial charge in [-0.15, -0.1) is 0 Å². The summed E-state index contributed by atoms with van der Waals surface area (Å²) in [5.41, 5.74) is -0.0772. The van der Waals surface area contributed by atoms with Crippen LogP contribution >= 0.6 is 0 Å². The second kappa shape index (κ2) is 4.24. The molecule has 1 heterocycles. The number of rotatable bonds is 2. The van der Waals surface area contributed by atoms with E-state index >= 15 is 0 Å². The Hall–Kier alpha value is -1.63. The van der Waals surface area contributed by atoms with E-state index in [1.54, 1.807) is 0 Å². The van der Waals surface area contributed by atoms with Crippen LogP contribution in [0.2, 0.25) is 0 Å². The highest BCUT2D eigenvalue weighted by Crippen LogP contribution is 2.35. The molecule has 2 N–H and O–H groups in total. The van der Waals surface area contributed by atoms with Crippen molar-refractivity contribution >= 4 is 21.5 Å². The van der Waals surface area contributed by atoms with E-state index in [0.717, 1.165) is 6.07 Å². The molecule has 7 heteroatoms. The molecule has 0 fully saturated rings. The minimum atomic E-state index is -3.83. The molecule has 0 saturated carbocycles. The van der Waals surface area contributed by atoms with Crippen LogP contribution in [0.15, 0.2) is 23.1 Å². The number of carbonyl (C=O) groups is 1. The molecule has 18 heavy (non-hydrogen) atoms. The fraction of sp³-hybridized carbons (Fsp3) is 0.364. The second-order valence-corrected chi connectivity index (χ2v) is 6.36. The third kappa shape index (κ3) is 1.94. The van der Waals surface area contributed by atoms with E-state index in [4.69, 9.17) is 5.11 Å². The number of aliphatic carboxylic acids is 1. The molecular formula is C11H12FNO4S. The molecule has 2 rings (SSSR count). The largest absolute Gasteiger partial charge is 0.481 e. The highest BCUT2D eigenvalue weighted by Gasteiger charge is 2.40. The molecule has 2 atom stereocenters. The first kappa shape index (κ1) is 12.8. The normalized spacial score (nSPS) is 25.0. The van der Waals surface area contributed by atoms with Crippen LogP contribution < -0.4 is 5.32 Å². The van der Waals surface area contributed by atoms with Gasteiger partial charge < -0.3 is 10.4 Å². The lowest BCUT2D eigenvalue weighted by molar-refractivity contribution is -0.137. The van der Waals surface area contributed by atoms with Gasteiger partial charge in [0.2, 0.25) is 0 Å². The van der Waals surface area contributed by atoms with Gasteiger partial charge in [0.15, 0.2) is 9.84 Å². The number of carboxylic acid groups (broad SMARTS) is 1. The van der Waals surface area contributed by atoms with Crippen LogP contribution in [0.4, 0.5) is 10.1 Å². The molecule has 0 saturated heterocycles. The number of hydrogen-bond acceptors (Lipinski definition) is 4. The lowest BCUT2D eigenvalue weighted by Crippen LogP contribution is -2.43. The molecule has 5 nitrogen and oxygen atoms in total. The summed E-state index contributed by atoms with van der Waals surface area (Å²) in [6.45, 7) is 1.53. The predicted molar refractivity (Wildman–Crippen MR) is 62.7 cm³/mol. The van der Waals surface area contributed by atoms with Crippen LogP contribution in [-0.4, -0.2) is 30.8 Å². The van der Waals surface area contributed by atoms with Gasteiger partial charge in [0.25, 0.3) is 0 Å². The summed E-state index contributed by atoms with van der Waals surface area (Å²) in [7, 11) is -3.83. The Balaban J connectivity index is 2.57. The van der Waals surface area contributed by atoms with Crippen molar-refractivity contribution in [3.63, 3.8) is 0 Å². The second-order valence-electron chi connectivity index (χ2n) is 4.23. The molecule has 2 unspecified atom stereocenters. The van der Waals surface area contributed by atoms with Gasteiger partial charge in [0.1, 0.15) is 5.82 Å². The fourth-order valence-corrected chi connectivity index (χ4v) is 4.10. The minimum Gasteiger partial charge on any atom is -0.481 e. The molecular weight excluding hydrogens is 261 g/mol. The minimum absolute atomic E-state index is 0.0772. The van der Waals surface area contributed by atoms with E-state index in [9.17, 15) is 17.6 Å². The zero-order valence-corrected chi connectivity index (χ0v) is 10.4. The molecule has 0 amide bonds. The number of sulfone groups is 1. The smallest absolute Gasteiger partial charge is 0.304 e. The topological polar surface area (TPSA) is 83.5 Å². The van der Waals surface area contributed by atoms with E-state index < -0.39 is 39.3 Å². The summed E-state index contributed by atoms with van der Waals surface area (Å²) in [5.74, 6) is -1.85. The maximum atomic E-state index is 13.5. The first-order valence-corrected chi connectivity index (χ1v) is 6.89. The van der Waals surface area contributed by atoms with E-state index in [0.29, 0.717) is 0 Å². The number of para-hydroxylation sites is 1. The van der Waals surface area contributed by atoms with Crippen molar-refractivity contribution in [1.29, 1.82) is 0 Å². The molecule has 0 bridgehead atoms. The van der Waals surface area contributed by atoms with Gasteiger partial charge in [-0.1, -0.05) is 6.07 Å². The Morgan fingerprint density at radius 3 is 2.78 bits per heavy atom. The standard InChI is InChI=1S/C11H12FNO4S/c1-6-9(5-10(14)15)18(16,17)8-4-2-3-7(12)11(8)13-6/h2-4,6,9,13H,5H2,1H3,(H,14,15). The van der Waals surface area contributed by atoms with Gasteiger partial charge in [0.05, 0.1) is 22.3 Å². The average Bonchev–Trinajstić information content (AvgIpc) is 2.26. The summed E-state index contributed by atoms with van der Waals surface area (Å²) in [5, 5.41) is 10.4. The zero-order valence-electron chi connectivity index (χ0n) is 9.55.